The number of nitrogens with two attached hydrogens (primary N) is 1. The lowest BCUT2D eigenvalue weighted by atomic mass is 9.99. The summed E-state index contributed by atoms with van der Waals surface area (Å²) in [4.78, 5) is 13.8. The van der Waals surface area contributed by atoms with Crippen LogP contribution in [0.4, 0.5) is 0 Å². The number of carbonyl (C=O) groups is 1. The lowest BCUT2D eigenvalue weighted by Gasteiger charge is -2.34. The molecule has 118 valence electrons. The molecule has 0 saturated carbocycles. The average molecular weight is 307 g/mol. The Balaban J connectivity index is 2.40. The van der Waals surface area contributed by atoms with Gasteiger partial charge in [0.2, 0.25) is 10.0 Å². The monoisotopic (exact) mass is 307 g/mol. The second kappa shape index (κ2) is 6.84. The number of ether oxygens (including phenoxy) is 1. The summed E-state index contributed by atoms with van der Waals surface area (Å²) in [6, 6.07) is 0. The third kappa shape index (κ3) is 5.01. The largest absolute Gasteiger partial charge is 0.465 e. The predicted molar refractivity (Wildman–Crippen MR) is 76.7 cm³/mol. The smallest absolute Gasteiger partial charge is 0.325 e. The third-order valence-corrected chi connectivity index (χ3v) is 4.79. The van der Waals surface area contributed by atoms with Crippen molar-refractivity contribution >= 4 is 16.0 Å². The van der Waals surface area contributed by atoms with E-state index in [9.17, 15) is 13.2 Å². The average Bonchev–Trinajstić information content (AvgIpc) is 2.36. The van der Waals surface area contributed by atoms with Gasteiger partial charge in [0.15, 0.2) is 0 Å². The van der Waals surface area contributed by atoms with Crippen molar-refractivity contribution in [2.75, 3.05) is 45.6 Å². The van der Waals surface area contributed by atoms with Crippen LogP contribution in [0.25, 0.3) is 0 Å². The van der Waals surface area contributed by atoms with Crippen LogP contribution in [-0.4, -0.2) is 74.7 Å². The van der Waals surface area contributed by atoms with Crippen LogP contribution < -0.4 is 5.73 Å². The molecule has 1 saturated heterocycles. The van der Waals surface area contributed by atoms with Gasteiger partial charge in [-0.25, -0.2) is 8.42 Å². The first-order valence-electron chi connectivity index (χ1n) is 6.80. The zero-order valence-corrected chi connectivity index (χ0v) is 13.3. The Hall–Kier alpha value is -0.700. The molecule has 1 fully saturated rings. The van der Waals surface area contributed by atoms with Gasteiger partial charge < -0.3 is 15.4 Å². The van der Waals surface area contributed by atoms with Crippen LogP contribution in [-0.2, 0) is 19.6 Å². The van der Waals surface area contributed by atoms with Crippen LogP contribution >= 0.6 is 0 Å². The Morgan fingerprint density at radius 1 is 1.30 bits per heavy atom. The summed E-state index contributed by atoms with van der Waals surface area (Å²) in [5, 5.41) is 0. The van der Waals surface area contributed by atoms with E-state index in [1.807, 2.05) is 0 Å². The van der Waals surface area contributed by atoms with E-state index in [4.69, 9.17) is 10.5 Å². The maximum Gasteiger partial charge on any atom is 0.325 e. The molecule has 7 nitrogen and oxygen atoms in total. The fourth-order valence-electron chi connectivity index (χ4n) is 2.07. The summed E-state index contributed by atoms with van der Waals surface area (Å²) in [7, 11) is -3.11. The van der Waals surface area contributed by atoms with Gasteiger partial charge in [0.1, 0.15) is 5.54 Å². The number of hydrogen-bond donors (Lipinski definition) is 1. The van der Waals surface area contributed by atoms with Crippen molar-refractivity contribution in [3.8, 4) is 0 Å². The van der Waals surface area contributed by atoms with Crippen LogP contribution in [0.5, 0.6) is 0 Å². The lowest BCUT2D eigenvalue weighted by molar-refractivity contribution is -0.149. The van der Waals surface area contributed by atoms with Gasteiger partial charge in [0.25, 0.3) is 0 Å². The van der Waals surface area contributed by atoms with Gasteiger partial charge in [-0.05, 0) is 20.3 Å². The first kappa shape index (κ1) is 17.4. The summed E-state index contributed by atoms with van der Waals surface area (Å²) >= 11 is 0. The topological polar surface area (TPSA) is 92.9 Å². The number of rotatable bonds is 6. The van der Waals surface area contributed by atoms with Crippen LogP contribution in [0.3, 0.4) is 0 Å². The number of nitrogens with zero attached hydrogens (tertiary/aromatic N) is 2. The second-order valence-corrected chi connectivity index (χ2v) is 7.37. The molecule has 0 radical (unpaired) electrons. The van der Waals surface area contributed by atoms with E-state index < -0.39 is 21.5 Å². The molecule has 1 aliphatic heterocycles. The van der Waals surface area contributed by atoms with Crippen molar-refractivity contribution in [3.05, 3.63) is 0 Å². The van der Waals surface area contributed by atoms with Gasteiger partial charge in [-0.3, -0.25) is 4.79 Å². The Morgan fingerprint density at radius 3 is 2.30 bits per heavy atom. The maximum absolute atomic E-state index is 11.7. The molecule has 0 aromatic heterocycles. The molecule has 1 atom stereocenters. The molecule has 2 N–H and O–H groups in total. The molecule has 8 heteroatoms. The van der Waals surface area contributed by atoms with E-state index in [2.05, 4.69) is 4.90 Å². The fourth-order valence-corrected chi connectivity index (χ4v) is 2.90. The molecule has 1 unspecified atom stereocenters. The van der Waals surface area contributed by atoms with Gasteiger partial charge in [-0.2, -0.15) is 4.31 Å². The van der Waals surface area contributed by atoms with E-state index in [1.165, 1.54) is 10.6 Å². The quantitative estimate of drug-likeness (QED) is 0.648. The normalized spacial score (nSPS) is 21.4. The Bertz CT molecular complexity index is 428. The van der Waals surface area contributed by atoms with E-state index >= 15 is 0 Å². The maximum atomic E-state index is 11.7. The molecule has 1 heterocycles. The van der Waals surface area contributed by atoms with Crippen molar-refractivity contribution in [2.24, 2.45) is 5.73 Å². The van der Waals surface area contributed by atoms with Crippen molar-refractivity contribution in [1.29, 1.82) is 0 Å². The van der Waals surface area contributed by atoms with Crippen molar-refractivity contribution in [2.45, 2.75) is 25.8 Å². The zero-order chi connectivity index (χ0) is 15.4. The van der Waals surface area contributed by atoms with E-state index in [-0.39, 0.29) is 0 Å². The number of piperazine rings is 1. The SMILES string of the molecule is CCOC(=O)C(C)(N)CCN1CCN(S(C)(=O)=O)CC1. The summed E-state index contributed by atoms with van der Waals surface area (Å²) in [6.45, 7) is 6.68. The summed E-state index contributed by atoms with van der Waals surface area (Å²) in [6.07, 6.45) is 1.71. The first-order valence-corrected chi connectivity index (χ1v) is 8.65. The molecule has 0 aromatic rings. The van der Waals surface area contributed by atoms with Crippen LogP contribution in [0.2, 0.25) is 0 Å². The Labute approximate surface area is 121 Å². The van der Waals surface area contributed by atoms with E-state index in [0.717, 1.165) is 0 Å². The minimum absolute atomic E-state index is 0.318. The minimum atomic E-state index is -3.11. The molecule has 0 bridgehead atoms. The molecule has 0 spiro atoms. The van der Waals surface area contributed by atoms with Gasteiger partial charge in [0, 0.05) is 32.7 Å². The van der Waals surface area contributed by atoms with Crippen LogP contribution in [0, 0.1) is 0 Å². The number of sulfonamides is 1. The third-order valence-electron chi connectivity index (χ3n) is 3.49. The number of carbonyl (C=O) groups excluding carboxylic acids is 1. The zero-order valence-electron chi connectivity index (χ0n) is 12.5. The van der Waals surface area contributed by atoms with Gasteiger partial charge in [-0.15, -0.1) is 0 Å². The Kier molecular flexibility index (Phi) is 5.93. The molecule has 0 amide bonds. The first-order chi connectivity index (χ1) is 9.16. The lowest BCUT2D eigenvalue weighted by Crippen LogP contribution is -2.52. The highest BCUT2D eigenvalue weighted by atomic mass is 32.2. The molecule has 1 aliphatic rings. The van der Waals surface area contributed by atoms with Gasteiger partial charge in [-0.1, -0.05) is 0 Å². The molecule has 1 rings (SSSR count). The van der Waals surface area contributed by atoms with E-state index in [1.54, 1.807) is 13.8 Å². The van der Waals surface area contributed by atoms with Crippen molar-refractivity contribution in [3.63, 3.8) is 0 Å². The van der Waals surface area contributed by atoms with Crippen molar-refractivity contribution < 1.29 is 17.9 Å². The standard InChI is InChI=1S/C12H25N3O4S/c1-4-19-11(16)12(2,13)5-6-14-7-9-15(10-8-14)20(3,17)18/h4-10,13H2,1-3H3. The fraction of sp³-hybridized carbons (Fsp3) is 0.917. The predicted octanol–water partition coefficient (Wildman–Crippen LogP) is -0.766. The van der Waals surface area contributed by atoms with Crippen LogP contribution in [0.1, 0.15) is 20.3 Å². The highest BCUT2D eigenvalue weighted by molar-refractivity contribution is 7.88. The minimum Gasteiger partial charge on any atom is -0.465 e. The molecule has 0 aromatic carbocycles. The molecule has 20 heavy (non-hydrogen) atoms. The number of esters is 1. The Morgan fingerprint density at radius 2 is 1.85 bits per heavy atom. The van der Waals surface area contributed by atoms with Crippen LogP contribution in [0.15, 0.2) is 0 Å². The molecular weight excluding hydrogens is 282 g/mol. The molecular formula is C12H25N3O4S. The molecule has 0 aliphatic carbocycles. The van der Waals surface area contributed by atoms with Gasteiger partial charge in [0.05, 0.1) is 12.9 Å². The van der Waals surface area contributed by atoms with E-state index in [0.29, 0.717) is 45.8 Å². The summed E-state index contributed by atoms with van der Waals surface area (Å²) in [5.41, 5.74) is 4.96. The highest BCUT2D eigenvalue weighted by Crippen LogP contribution is 2.12. The second-order valence-electron chi connectivity index (χ2n) is 5.39. The summed E-state index contributed by atoms with van der Waals surface area (Å²) < 4.78 is 29.2. The van der Waals surface area contributed by atoms with Gasteiger partial charge >= 0.3 is 5.97 Å². The van der Waals surface area contributed by atoms with Crippen molar-refractivity contribution in [1.82, 2.24) is 9.21 Å². The highest BCUT2D eigenvalue weighted by Gasteiger charge is 2.31. The number of hydrogen-bond acceptors (Lipinski definition) is 6. The summed E-state index contributed by atoms with van der Waals surface area (Å²) in [5.74, 6) is -0.394.